The van der Waals surface area contributed by atoms with Crippen molar-refractivity contribution in [2.24, 2.45) is 22.7 Å². The zero-order chi connectivity index (χ0) is 32.4. The third-order valence-corrected chi connectivity index (χ3v) is 11.2. The van der Waals surface area contributed by atoms with E-state index >= 15 is 0 Å². The van der Waals surface area contributed by atoms with E-state index in [9.17, 15) is 9.90 Å². The summed E-state index contributed by atoms with van der Waals surface area (Å²) in [6, 6.07) is 23.4. The summed E-state index contributed by atoms with van der Waals surface area (Å²) in [5.74, 6) is 1.29. The van der Waals surface area contributed by atoms with Gasteiger partial charge in [0.1, 0.15) is 11.3 Å². The Balaban J connectivity index is 1.26. The van der Waals surface area contributed by atoms with E-state index < -0.39 is 0 Å². The Labute approximate surface area is 274 Å². The second-order valence-corrected chi connectivity index (χ2v) is 16.1. The van der Waals surface area contributed by atoms with E-state index in [1.54, 1.807) is 0 Å². The second kappa shape index (κ2) is 11.4. The minimum Gasteiger partial charge on any atom is -0.506 e. The standard InChI is InChI=1S/C42H48N2O2/c1-41(2,3)31-21-29-23-35(43(33(29)25-31)19-17-27-13-9-7-10-14-27)37-39(45)38(40(37)46)36-24-30-22-32(42(4,5)6)26-34(30)44(36)20-18-28-15-11-8-12-16-28/h7-16,23-24,31-32H,17-22,25-26H2,1-6H3/p+1. The first-order valence-corrected chi connectivity index (χ1v) is 17.3. The van der Waals surface area contributed by atoms with Gasteiger partial charge in [0.15, 0.2) is 12.3 Å². The van der Waals surface area contributed by atoms with Crippen LogP contribution in [-0.4, -0.2) is 32.3 Å². The molecule has 4 nitrogen and oxygen atoms in total. The van der Waals surface area contributed by atoms with Crippen LogP contribution in [0.25, 0.3) is 5.57 Å². The summed E-state index contributed by atoms with van der Waals surface area (Å²) in [5.41, 5.74) is 11.1. The van der Waals surface area contributed by atoms with Crippen LogP contribution in [0.3, 0.4) is 0 Å². The van der Waals surface area contributed by atoms with Crippen LogP contribution in [0.15, 0.2) is 95.4 Å². The molecule has 2 aromatic carbocycles. The van der Waals surface area contributed by atoms with Crippen LogP contribution >= 0.6 is 0 Å². The topological polar surface area (TPSA) is 45.2 Å². The second-order valence-electron chi connectivity index (χ2n) is 16.1. The van der Waals surface area contributed by atoms with Crippen molar-refractivity contribution in [3.63, 3.8) is 0 Å². The predicted octanol–water partition coefficient (Wildman–Crippen LogP) is 8.69. The molecule has 3 aromatic rings. The molecule has 1 fully saturated rings. The van der Waals surface area contributed by atoms with E-state index in [4.69, 9.17) is 0 Å². The number of ketones is 1. The molecular formula is C42H49N2O2+. The number of carbonyl (C=O) groups is 1. The van der Waals surface area contributed by atoms with Crippen molar-refractivity contribution < 1.29 is 14.5 Å². The van der Waals surface area contributed by atoms with Gasteiger partial charge in [-0.25, -0.2) is 0 Å². The molecule has 4 heteroatoms. The minimum atomic E-state index is -0.0217. The number of Topliss-reactive ketones (excluding diaryl/α,β-unsaturated/α-hetero) is 1. The first kappa shape index (κ1) is 30.7. The number of fused-ring (bicyclic) bond motifs is 2. The van der Waals surface area contributed by atoms with Crippen molar-refractivity contribution in [1.29, 1.82) is 0 Å². The molecule has 3 aliphatic carbocycles. The van der Waals surface area contributed by atoms with E-state index in [2.05, 4.69) is 123 Å². The number of nitrogens with zero attached hydrogens (tertiary/aromatic N) is 2. The molecule has 1 N–H and O–H groups in total. The molecule has 1 aliphatic heterocycles. The summed E-state index contributed by atoms with van der Waals surface area (Å²) >= 11 is 0. The average molecular weight is 614 g/mol. The van der Waals surface area contributed by atoms with Gasteiger partial charge in [0.05, 0.1) is 11.3 Å². The first-order valence-electron chi connectivity index (χ1n) is 17.3. The average Bonchev–Trinajstić information content (AvgIpc) is 3.76. The lowest BCUT2D eigenvalue weighted by Crippen LogP contribution is -2.29. The van der Waals surface area contributed by atoms with Gasteiger partial charge < -0.3 is 9.67 Å². The van der Waals surface area contributed by atoms with Crippen molar-refractivity contribution in [1.82, 2.24) is 4.57 Å². The molecule has 4 aliphatic rings. The molecule has 0 saturated heterocycles. The van der Waals surface area contributed by atoms with Crippen molar-refractivity contribution in [3.8, 4) is 0 Å². The number of aromatic nitrogens is 1. The Kier molecular flexibility index (Phi) is 7.61. The maximum atomic E-state index is 14.2. The summed E-state index contributed by atoms with van der Waals surface area (Å²) in [4.78, 5) is 14.2. The van der Waals surface area contributed by atoms with E-state index in [-0.39, 0.29) is 22.4 Å². The number of hydrogen-bond acceptors (Lipinski definition) is 2. The molecule has 0 spiro atoms. The molecular weight excluding hydrogens is 564 g/mol. The van der Waals surface area contributed by atoms with Crippen LogP contribution in [0.4, 0.5) is 0 Å². The largest absolute Gasteiger partial charge is 0.506 e. The van der Waals surface area contributed by atoms with Crippen LogP contribution in [0, 0.1) is 22.7 Å². The van der Waals surface area contributed by atoms with Crippen molar-refractivity contribution in [3.05, 3.63) is 123 Å². The predicted molar refractivity (Wildman–Crippen MR) is 187 cm³/mol. The smallest absolute Gasteiger partial charge is 0.221 e. The molecule has 2 atom stereocenters. The lowest BCUT2D eigenvalue weighted by Gasteiger charge is -2.28. The third-order valence-electron chi connectivity index (χ3n) is 11.2. The number of benzene rings is 2. The van der Waals surface area contributed by atoms with Gasteiger partial charge in [0.2, 0.25) is 11.5 Å². The van der Waals surface area contributed by atoms with Crippen LogP contribution < -0.4 is 0 Å². The molecule has 1 saturated carbocycles. The SMILES string of the molecule is CC(C)(C)C1CC2=C/C(=C3/C(=O)C(c4cc5c(n4CCc4ccccc4)CC(C(C)(C)C)C5)=C3O)[N+](CCc3ccccc3)=C2C1. The normalized spacial score (nSPS) is 22.8. The molecule has 1 aromatic heterocycles. The van der Waals surface area contributed by atoms with Crippen LogP contribution in [0.2, 0.25) is 0 Å². The van der Waals surface area contributed by atoms with Gasteiger partial charge in [-0.15, -0.1) is 0 Å². The number of carbonyl (C=O) groups excluding carboxylic acids is 1. The fourth-order valence-corrected chi connectivity index (χ4v) is 8.07. The van der Waals surface area contributed by atoms with Crippen LogP contribution in [0.5, 0.6) is 0 Å². The fourth-order valence-electron chi connectivity index (χ4n) is 8.07. The maximum Gasteiger partial charge on any atom is 0.221 e. The maximum absolute atomic E-state index is 14.2. The highest BCUT2D eigenvalue weighted by molar-refractivity contribution is 6.39. The van der Waals surface area contributed by atoms with Gasteiger partial charge in [-0.1, -0.05) is 102 Å². The minimum absolute atomic E-state index is 0.0217. The number of rotatable bonds is 7. The van der Waals surface area contributed by atoms with Crippen molar-refractivity contribution in [2.75, 3.05) is 6.54 Å². The fraction of sp³-hybridized carbons (Fsp3) is 0.429. The zero-order valence-corrected chi connectivity index (χ0v) is 28.5. The third kappa shape index (κ3) is 5.44. The quantitative estimate of drug-likeness (QED) is 0.214. The van der Waals surface area contributed by atoms with Crippen LogP contribution in [0.1, 0.15) is 82.5 Å². The number of aliphatic hydroxyl groups excluding tert-OH is 1. The van der Waals surface area contributed by atoms with Gasteiger partial charge in [-0.05, 0) is 71.1 Å². The summed E-state index contributed by atoms with van der Waals surface area (Å²) < 4.78 is 4.72. The molecule has 2 unspecified atom stereocenters. The summed E-state index contributed by atoms with van der Waals surface area (Å²) in [6.07, 6.45) is 8.05. The van der Waals surface area contributed by atoms with Crippen LogP contribution in [-0.2, 0) is 37.0 Å². The Bertz CT molecular complexity index is 1820. The summed E-state index contributed by atoms with van der Waals surface area (Å²) in [7, 11) is 0. The van der Waals surface area contributed by atoms with E-state index in [1.165, 1.54) is 33.7 Å². The lowest BCUT2D eigenvalue weighted by molar-refractivity contribution is -0.469. The van der Waals surface area contributed by atoms with E-state index in [0.29, 0.717) is 23.0 Å². The Hall–Kier alpha value is -3.92. The zero-order valence-electron chi connectivity index (χ0n) is 28.5. The highest BCUT2D eigenvalue weighted by Crippen LogP contribution is 2.47. The number of aryl methyl sites for hydroxylation is 1. The number of aliphatic hydroxyl groups is 1. The molecule has 0 bridgehead atoms. The van der Waals surface area contributed by atoms with E-state index in [0.717, 1.165) is 63.0 Å². The van der Waals surface area contributed by atoms with Gasteiger partial charge in [0, 0.05) is 36.7 Å². The van der Waals surface area contributed by atoms with Gasteiger partial charge in [0.25, 0.3) is 0 Å². The number of hydrogen-bond donors (Lipinski definition) is 1. The molecule has 238 valence electrons. The Morgan fingerprint density at radius 2 is 1.39 bits per heavy atom. The molecule has 46 heavy (non-hydrogen) atoms. The molecule has 0 amide bonds. The van der Waals surface area contributed by atoms with Gasteiger partial charge in [-0.3, -0.25) is 4.79 Å². The lowest BCUT2D eigenvalue weighted by atomic mass is 9.78. The van der Waals surface area contributed by atoms with Crippen molar-refractivity contribution in [2.45, 2.75) is 86.6 Å². The molecule has 0 radical (unpaired) electrons. The van der Waals surface area contributed by atoms with E-state index in [1.807, 2.05) is 0 Å². The monoisotopic (exact) mass is 613 g/mol. The highest BCUT2D eigenvalue weighted by Gasteiger charge is 2.48. The van der Waals surface area contributed by atoms with Gasteiger partial charge >= 0.3 is 0 Å². The Morgan fingerprint density at radius 3 is 2.00 bits per heavy atom. The summed E-state index contributed by atoms with van der Waals surface area (Å²) in [6.45, 7) is 15.6. The Morgan fingerprint density at radius 1 is 0.783 bits per heavy atom. The molecule has 7 rings (SSSR count). The first-order chi connectivity index (χ1) is 21.9. The van der Waals surface area contributed by atoms with Crippen molar-refractivity contribution >= 4 is 17.1 Å². The molecule has 2 heterocycles. The highest BCUT2D eigenvalue weighted by atomic mass is 16.3. The number of allylic oxidation sites excluding steroid dienone is 4. The van der Waals surface area contributed by atoms with Gasteiger partial charge in [-0.2, -0.15) is 4.58 Å². The summed E-state index contributed by atoms with van der Waals surface area (Å²) in [5, 5.41) is 11.8.